The minimum Gasteiger partial charge on any atom is -0.493 e. The van der Waals surface area contributed by atoms with E-state index in [0.717, 1.165) is 60.5 Å². The van der Waals surface area contributed by atoms with Crippen LogP contribution >= 0.6 is 37.2 Å². The monoisotopic (exact) mass is 630 g/mol. The summed E-state index contributed by atoms with van der Waals surface area (Å²) in [5, 5.41) is 10.6. The lowest BCUT2D eigenvalue weighted by Crippen LogP contribution is -2.33. The van der Waals surface area contributed by atoms with Crippen molar-refractivity contribution in [2.75, 3.05) is 37.6 Å². The minimum absolute atomic E-state index is 0. The van der Waals surface area contributed by atoms with Crippen LogP contribution in [0.2, 0.25) is 0 Å². The number of halogens is 3. The van der Waals surface area contributed by atoms with E-state index in [-0.39, 0.29) is 44.0 Å². The molecule has 0 saturated heterocycles. The highest BCUT2D eigenvalue weighted by molar-refractivity contribution is 5.86. The molecule has 2 aliphatic carbocycles. The first-order chi connectivity index (χ1) is 18.7. The molecule has 0 spiro atoms. The predicted octanol–water partition coefficient (Wildman–Crippen LogP) is 4.83. The van der Waals surface area contributed by atoms with E-state index in [9.17, 15) is 0 Å². The number of hydrogen-bond donors (Lipinski definition) is 4. The van der Waals surface area contributed by atoms with E-state index < -0.39 is 0 Å². The van der Waals surface area contributed by atoms with Crippen molar-refractivity contribution in [3.05, 3.63) is 24.0 Å². The van der Waals surface area contributed by atoms with Crippen LogP contribution in [0.3, 0.4) is 0 Å². The topological polar surface area (TPSA) is 133 Å². The lowest BCUT2D eigenvalue weighted by molar-refractivity contribution is 0.171. The second-order valence-corrected chi connectivity index (χ2v) is 10.5. The number of nitrogens with zero attached hydrogens (tertiary/aromatic N) is 4. The Balaban J connectivity index is 0.00000154. The zero-order valence-corrected chi connectivity index (χ0v) is 25.7. The van der Waals surface area contributed by atoms with Crippen molar-refractivity contribution >= 4 is 60.2 Å². The number of methoxy groups -OCH3 is 1. The Hall–Kier alpha value is -2.44. The second kappa shape index (κ2) is 15.2. The lowest BCUT2D eigenvalue weighted by atomic mass is 9.92. The smallest absolute Gasteiger partial charge is 0.231 e. The molecule has 2 fully saturated rings. The van der Waals surface area contributed by atoms with Gasteiger partial charge in [0.2, 0.25) is 18.5 Å². The van der Waals surface area contributed by atoms with Gasteiger partial charge in [0.25, 0.3) is 0 Å². The maximum atomic E-state index is 6.11. The van der Waals surface area contributed by atoms with E-state index in [1.165, 1.54) is 25.7 Å². The zero-order valence-electron chi connectivity index (χ0n) is 23.3. The average molecular weight is 632 g/mol. The molecule has 5 N–H and O–H groups in total. The highest BCUT2D eigenvalue weighted by atomic mass is 35.5. The number of imidazole rings is 1. The third kappa shape index (κ3) is 7.50. The SMILES string of the molecule is COc1cc(CNCCNc2nc(N[C@H]3CC[C@H](N)CC3)nc3c2ncn3C2CCCC2)cc2c1OCO2.Cl.Cl.Cl. The second-order valence-electron chi connectivity index (χ2n) is 10.5. The van der Waals surface area contributed by atoms with Crippen molar-refractivity contribution < 1.29 is 14.2 Å². The molecule has 0 atom stereocenters. The molecule has 0 radical (unpaired) electrons. The molecular weight excluding hydrogens is 591 g/mol. The number of anilines is 2. The van der Waals surface area contributed by atoms with Gasteiger partial charge in [0, 0.05) is 37.8 Å². The van der Waals surface area contributed by atoms with Gasteiger partial charge in [-0.2, -0.15) is 9.97 Å². The van der Waals surface area contributed by atoms with Gasteiger partial charge in [0.1, 0.15) is 0 Å². The van der Waals surface area contributed by atoms with E-state index in [1.807, 2.05) is 18.5 Å². The summed E-state index contributed by atoms with van der Waals surface area (Å²) in [6.45, 7) is 2.35. The van der Waals surface area contributed by atoms with Gasteiger partial charge < -0.3 is 40.5 Å². The summed E-state index contributed by atoms with van der Waals surface area (Å²) in [7, 11) is 1.64. The van der Waals surface area contributed by atoms with Crippen LogP contribution in [0.15, 0.2) is 18.5 Å². The Labute approximate surface area is 259 Å². The van der Waals surface area contributed by atoms with Crippen LogP contribution in [0, 0.1) is 0 Å². The van der Waals surface area contributed by atoms with Gasteiger partial charge in [-0.3, -0.25) is 0 Å². The fourth-order valence-corrected chi connectivity index (χ4v) is 5.79. The normalized spacial score (nSPS) is 19.7. The largest absolute Gasteiger partial charge is 0.493 e. The fraction of sp³-hybridized carbons (Fsp3) is 0.593. The van der Waals surface area contributed by atoms with E-state index in [0.29, 0.717) is 48.7 Å². The molecule has 0 bridgehead atoms. The summed E-state index contributed by atoms with van der Waals surface area (Å²) in [4.78, 5) is 14.5. The average Bonchev–Trinajstić information content (AvgIpc) is 3.70. The van der Waals surface area contributed by atoms with Crippen molar-refractivity contribution in [2.45, 2.75) is 76.0 Å². The van der Waals surface area contributed by atoms with Gasteiger partial charge in [-0.05, 0) is 56.2 Å². The first-order valence-electron chi connectivity index (χ1n) is 13.9. The van der Waals surface area contributed by atoms with E-state index in [2.05, 4.69) is 20.5 Å². The molecule has 41 heavy (non-hydrogen) atoms. The first kappa shape index (κ1) is 33.1. The van der Waals surface area contributed by atoms with E-state index in [4.69, 9.17) is 34.9 Å². The summed E-state index contributed by atoms with van der Waals surface area (Å²) >= 11 is 0. The molecule has 11 nitrogen and oxygen atoms in total. The molecule has 1 aliphatic heterocycles. The van der Waals surface area contributed by atoms with Gasteiger partial charge >= 0.3 is 0 Å². The molecule has 3 heterocycles. The predicted molar refractivity (Wildman–Crippen MR) is 168 cm³/mol. The molecule has 3 aliphatic rings. The number of hydrogen-bond acceptors (Lipinski definition) is 10. The minimum atomic E-state index is 0. The maximum Gasteiger partial charge on any atom is 0.231 e. The van der Waals surface area contributed by atoms with Crippen LogP contribution in [-0.2, 0) is 6.54 Å². The highest BCUT2D eigenvalue weighted by Crippen LogP contribution is 2.41. The Morgan fingerprint density at radius 1 is 1.00 bits per heavy atom. The van der Waals surface area contributed by atoms with Crippen molar-refractivity contribution in [3.63, 3.8) is 0 Å². The Kier molecular flexibility index (Phi) is 12.2. The number of fused-ring (bicyclic) bond motifs is 2. The number of aromatic nitrogens is 4. The molecule has 6 rings (SSSR count). The van der Waals surface area contributed by atoms with Gasteiger partial charge in [-0.15, -0.1) is 37.2 Å². The molecule has 0 unspecified atom stereocenters. The number of nitrogens with one attached hydrogen (secondary N) is 3. The zero-order chi connectivity index (χ0) is 25.9. The van der Waals surface area contributed by atoms with Crippen LogP contribution in [-0.4, -0.2) is 58.6 Å². The van der Waals surface area contributed by atoms with Crippen LogP contribution in [0.25, 0.3) is 11.2 Å². The van der Waals surface area contributed by atoms with Crippen molar-refractivity contribution in [1.29, 1.82) is 0 Å². The molecule has 2 aromatic heterocycles. The van der Waals surface area contributed by atoms with Gasteiger partial charge in [-0.25, -0.2) is 4.98 Å². The standard InChI is InChI=1S/C27H38N8O3.3ClH/c1-36-21-12-17(13-22-24(21)38-16-37-22)14-29-10-11-30-25-23-26(35(15-31-23)20-4-2-3-5-20)34-27(33-25)32-19-8-6-18(28)7-9-19;;;/h12-13,15,18-20,29H,2-11,14,16,28H2,1H3,(H2,30,32,33,34);3*1H/t18-,19-;;;. The van der Waals surface area contributed by atoms with Crippen molar-refractivity contribution in [2.24, 2.45) is 5.73 Å². The van der Waals surface area contributed by atoms with Gasteiger partial charge in [0.05, 0.1) is 13.4 Å². The fourth-order valence-electron chi connectivity index (χ4n) is 5.79. The Bertz CT molecular complexity index is 1270. The third-order valence-corrected chi connectivity index (χ3v) is 7.89. The molecule has 0 amide bonds. The molecular formula is C27H41Cl3N8O3. The number of rotatable bonds is 10. The first-order valence-corrected chi connectivity index (χ1v) is 13.9. The van der Waals surface area contributed by atoms with Crippen LogP contribution in [0.4, 0.5) is 11.8 Å². The highest BCUT2D eigenvalue weighted by Gasteiger charge is 2.24. The Morgan fingerprint density at radius 3 is 2.54 bits per heavy atom. The molecule has 3 aromatic rings. The summed E-state index contributed by atoms with van der Waals surface area (Å²) in [5.41, 5.74) is 8.92. The van der Waals surface area contributed by atoms with Crippen LogP contribution in [0.1, 0.15) is 63.0 Å². The van der Waals surface area contributed by atoms with Gasteiger partial charge in [0.15, 0.2) is 28.5 Å². The van der Waals surface area contributed by atoms with Gasteiger partial charge in [-0.1, -0.05) is 12.8 Å². The van der Waals surface area contributed by atoms with E-state index in [1.54, 1.807) is 7.11 Å². The molecule has 228 valence electrons. The summed E-state index contributed by atoms with van der Waals surface area (Å²) in [5.74, 6) is 3.52. The third-order valence-electron chi connectivity index (χ3n) is 7.89. The summed E-state index contributed by atoms with van der Waals surface area (Å²) in [6.07, 6.45) is 11.0. The molecule has 2 saturated carbocycles. The lowest BCUT2D eigenvalue weighted by Gasteiger charge is -2.27. The number of ether oxygens (including phenoxy) is 3. The molecule has 14 heteroatoms. The maximum absolute atomic E-state index is 6.11. The Morgan fingerprint density at radius 2 is 1.78 bits per heavy atom. The van der Waals surface area contributed by atoms with Crippen LogP contribution < -0.4 is 35.9 Å². The quantitative estimate of drug-likeness (QED) is 0.231. The summed E-state index contributed by atoms with van der Waals surface area (Å²) in [6, 6.07) is 5.09. The number of benzene rings is 1. The van der Waals surface area contributed by atoms with Crippen molar-refractivity contribution in [3.8, 4) is 17.2 Å². The van der Waals surface area contributed by atoms with Crippen molar-refractivity contribution in [1.82, 2.24) is 24.8 Å². The summed E-state index contributed by atoms with van der Waals surface area (Å²) < 4.78 is 18.7. The van der Waals surface area contributed by atoms with Crippen LogP contribution in [0.5, 0.6) is 17.2 Å². The molecule has 1 aromatic carbocycles. The number of nitrogens with two attached hydrogens (primary N) is 1. The van der Waals surface area contributed by atoms with E-state index >= 15 is 0 Å².